The molecule has 0 atom stereocenters. The molecule has 0 unspecified atom stereocenters. The number of carbonyl (C=O) groups is 2. The van der Waals surface area contributed by atoms with Crippen molar-refractivity contribution in [1.82, 2.24) is 4.90 Å². The Morgan fingerprint density at radius 3 is 2.50 bits per heavy atom. The number of benzene rings is 1. The molecule has 0 saturated heterocycles. The Morgan fingerprint density at radius 2 is 1.96 bits per heavy atom. The number of nitrogens with zero attached hydrogens (tertiary/aromatic N) is 2. The summed E-state index contributed by atoms with van der Waals surface area (Å²) in [5.74, 6) is -2.19. The molecule has 0 saturated carbocycles. The van der Waals surface area contributed by atoms with E-state index in [-0.39, 0.29) is 18.7 Å². The minimum atomic E-state index is -1.14. The second kappa shape index (κ2) is 7.11. The molecule has 26 heavy (non-hydrogen) atoms. The number of nitro benzene ring substituents is 1. The number of hydrogen-bond donors (Lipinski definition) is 0. The van der Waals surface area contributed by atoms with Crippen LogP contribution in [-0.2, 0) is 9.47 Å². The highest BCUT2D eigenvalue weighted by Crippen LogP contribution is 2.31. The van der Waals surface area contributed by atoms with Crippen LogP contribution in [0, 0.1) is 15.9 Å². The average molecular weight is 366 g/mol. The highest BCUT2D eigenvalue weighted by Gasteiger charge is 2.31. The second-order valence-corrected chi connectivity index (χ2v) is 6.66. The Kier molecular flexibility index (Phi) is 5.29. The van der Waals surface area contributed by atoms with Crippen molar-refractivity contribution in [3.05, 3.63) is 45.3 Å². The van der Waals surface area contributed by atoms with Gasteiger partial charge in [-0.2, -0.15) is 0 Å². The molecule has 1 aromatic rings. The predicted molar refractivity (Wildman–Crippen MR) is 90.2 cm³/mol. The molecule has 1 amide bonds. The zero-order chi connectivity index (χ0) is 19.6. The number of esters is 1. The number of amides is 1. The fourth-order valence-corrected chi connectivity index (χ4v) is 2.48. The molecule has 8 nitrogen and oxygen atoms in total. The lowest BCUT2D eigenvalue weighted by Crippen LogP contribution is -2.35. The van der Waals surface area contributed by atoms with Crippen molar-refractivity contribution in [3.63, 3.8) is 0 Å². The summed E-state index contributed by atoms with van der Waals surface area (Å²) in [6, 6.07) is 2.26. The zero-order valence-electron chi connectivity index (χ0n) is 14.9. The molecular weight excluding hydrogens is 347 g/mol. The maximum absolute atomic E-state index is 14.8. The van der Waals surface area contributed by atoms with Crippen molar-refractivity contribution < 1.29 is 28.4 Å². The zero-order valence-corrected chi connectivity index (χ0v) is 14.9. The van der Waals surface area contributed by atoms with Crippen LogP contribution in [0.5, 0.6) is 0 Å². The number of methoxy groups -OCH3 is 1. The van der Waals surface area contributed by atoms with E-state index < -0.39 is 39.7 Å². The van der Waals surface area contributed by atoms with Crippen molar-refractivity contribution in [3.8, 4) is 0 Å². The fourth-order valence-electron chi connectivity index (χ4n) is 2.48. The van der Waals surface area contributed by atoms with Crippen LogP contribution in [0.4, 0.5) is 14.9 Å². The van der Waals surface area contributed by atoms with Crippen LogP contribution in [0.3, 0.4) is 0 Å². The molecule has 1 aliphatic heterocycles. The highest BCUT2D eigenvalue weighted by atomic mass is 19.1. The number of ether oxygens (including phenoxy) is 2. The number of hydrogen-bond acceptors (Lipinski definition) is 6. The van der Waals surface area contributed by atoms with E-state index in [1.165, 1.54) is 11.0 Å². The van der Waals surface area contributed by atoms with E-state index in [0.717, 1.165) is 13.2 Å². The number of rotatable bonds is 3. The van der Waals surface area contributed by atoms with E-state index in [2.05, 4.69) is 4.74 Å². The summed E-state index contributed by atoms with van der Waals surface area (Å²) in [6.45, 7) is 5.45. The van der Waals surface area contributed by atoms with Crippen molar-refractivity contribution in [2.75, 3.05) is 20.2 Å². The molecule has 0 bridgehead atoms. The summed E-state index contributed by atoms with van der Waals surface area (Å²) < 4.78 is 24.5. The first-order valence-electron chi connectivity index (χ1n) is 7.77. The molecule has 0 radical (unpaired) electrons. The molecule has 0 aromatic heterocycles. The monoisotopic (exact) mass is 366 g/mol. The quantitative estimate of drug-likeness (QED) is 0.463. The van der Waals surface area contributed by atoms with Gasteiger partial charge in [-0.05, 0) is 32.4 Å². The van der Waals surface area contributed by atoms with Gasteiger partial charge in [-0.3, -0.25) is 10.1 Å². The lowest BCUT2D eigenvalue weighted by atomic mass is 10.0. The van der Waals surface area contributed by atoms with Crippen molar-refractivity contribution >= 4 is 23.3 Å². The van der Waals surface area contributed by atoms with E-state index in [4.69, 9.17) is 4.74 Å². The molecule has 0 spiro atoms. The van der Waals surface area contributed by atoms with Crippen molar-refractivity contribution in [2.24, 2.45) is 0 Å². The smallest absolute Gasteiger partial charge is 0.410 e. The Bertz CT molecular complexity index is 797. The van der Waals surface area contributed by atoms with Gasteiger partial charge >= 0.3 is 12.1 Å². The maximum Gasteiger partial charge on any atom is 0.410 e. The van der Waals surface area contributed by atoms with Crippen LogP contribution in [-0.4, -0.2) is 47.7 Å². The summed E-state index contributed by atoms with van der Waals surface area (Å²) in [7, 11) is 1.01. The molecule has 140 valence electrons. The van der Waals surface area contributed by atoms with Gasteiger partial charge in [0.2, 0.25) is 0 Å². The van der Waals surface area contributed by atoms with Crippen molar-refractivity contribution in [1.29, 1.82) is 0 Å². The van der Waals surface area contributed by atoms with Gasteiger partial charge in [-0.25, -0.2) is 14.0 Å². The molecule has 1 aromatic carbocycles. The van der Waals surface area contributed by atoms with Gasteiger partial charge in [-0.1, -0.05) is 6.08 Å². The van der Waals surface area contributed by atoms with Gasteiger partial charge < -0.3 is 14.4 Å². The van der Waals surface area contributed by atoms with Gasteiger partial charge in [0.05, 0.1) is 12.0 Å². The van der Waals surface area contributed by atoms with Crippen LogP contribution >= 0.6 is 0 Å². The number of nitro groups is 1. The van der Waals surface area contributed by atoms with Gasteiger partial charge in [0.1, 0.15) is 5.60 Å². The SMILES string of the molecule is COC(=O)c1c([N+](=O)[O-])ccc(C2=CCN(C(=O)OC(C)(C)C)C2)c1F. The third kappa shape index (κ3) is 3.98. The molecule has 0 N–H and O–H groups in total. The number of halogens is 1. The second-order valence-electron chi connectivity index (χ2n) is 6.66. The highest BCUT2D eigenvalue weighted by molar-refractivity contribution is 5.95. The largest absolute Gasteiger partial charge is 0.465 e. The van der Waals surface area contributed by atoms with Crippen LogP contribution in [0.1, 0.15) is 36.7 Å². The minimum absolute atomic E-state index is 0.00191. The minimum Gasteiger partial charge on any atom is -0.465 e. The van der Waals surface area contributed by atoms with Crippen LogP contribution in [0.15, 0.2) is 18.2 Å². The molecular formula is C17H19FN2O6. The predicted octanol–water partition coefficient (Wildman–Crippen LogP) is 3.15. The van der Waals surface area contributed by atoms with E-state index in [1.54, 1.807) is 26.8 Å². The summed E-state index contributed by atoms with van der Waals surface area (Å²) in [4.78, 5) is 35.4. The Labute approximate surface area is 149 Å². The van der Waals surface area contributed by atoms with E-state index in [0.29, 0.717) is 5.57 Å². The first kappa shape index (κ1) is 19.4. The topological polar surface area (TPSA) is 99.0 Å². The third-order valence-corrected chi connectivity index (χ3v) is 3.62. The standard InChI is InChI=1S/C17H19FN2O6/c1-17(2,3)26-16(22)19-8-7-10(9-19)11-5-6-12(20(23)24)13(14(11)18)15(21)25-4/h5-7H,8-9H2,1-4H3. The molecule has 0 aliphatic carbocycles. The fraction of sp³-hybridized carbons (Fsp3) is 0.412. The Hall–Kier alpha value is -2.97. The summed E-state index contributed by atoms with van der Waals surface area (Å²) in [5, 5.41) is 11.0. The number of carbonyl (C=O) groups excluding carboxylic acids is 2. The lowest BCUT2D eigenvalue weighted by molar-refractivity contribution is -0.385. The molecule has 2 rings (SSSR count). The lowest BCUT2D eigenvalue weighted by Gasteiger charge is -2.24. The van der Waals surface area contributed by atoms with E-state index in [9.17, 15) is 24.1 Å². The summed E-state index contributed by atoms with van der Waals surface area (Å²) in [6.07, 6.45) is 1.05. The van der Waals surface area contributed by atoms with Crippen LogP contribution in [0.2, 0.25) is 0 Å². The van der Waals surface area contributed by atoms with Gasteiger partial charge in [-0.15, -0.1) is 0 Å². The first-order valence-corrected chi connectivity index (χ1v) is 7.77. The molecule has 9 heteroatoms. The summed E-state index contributed by atoms with van der Waals surface area (Å²) >= 11 is 0. The van der Waals surface area contributed by atoms with E-state index >= 15 is 0 Å². The van der Waals surface area contributed by atoms with Gasteiger partial charge in [0.25, 0.3) is 5.69 Å². The van der Waals surface area contributed by atoms with Crippen molar-refractivity contribution in [2.45, 2.75) is 26.4 Å². The van der Waals surface area contributed by atoms with Gasteiger partial charge in [0.15, 0.2) is 11.4 Å². The normalized spacial score (nSPS) is 14.0. The molecule has 0 fully saturated rings. The summed E-state index contributed by atoms with van der Waals surface area (Å²) in [5.41, 5.74) is -1.67. The Balaban J connectivity index is 2.32. The third-order valence-electron chi connectivity index (χ3n) is 3.62. The molecule has 1 aliphatic rings. The maximum atomic E-state index is 14.8. The van der Waals surface area contributed by atoms with Crippen LogP contribution < -0.4 is 0 Å². The Morgan fingerprint density at radius 1 is 1.31 bits per heavy atom. The van der Waals surface area contributed by atoms with Gasteiger partial charge in [0, 0.05) is 24.7 Å². The van der Waals surface area contributed by atoms with Crippen LogP contribution in [0.25, 0.3) is 5.57 Å². The average Bonchev–Trinajstić information content (AvgIpc) is 3.01. The first-order chi connectivity index (χ1) is 12.0. The molecule has 1 heterocycles. The van der Waals surface area contributed by atoms with E-state index in [1.807, 2.05) is 0 Å².